The van der Waals surface area contributed by atoms with Gasteiger partial charge in [0.15, 0.2) is 0 Å². The number of nitrogens with zero attached hydrogens (tertiary/aromatic N) is 3. The van der Waals surface area contributed by atoms with Crippen LogP contribution < -0.4 is 0 Å². The van der Waals surface area contributed by atoms with Crippen molar-refractivity contribution in [1.82, 2.24) is 13.7 Å². The third kappa shape index (κ3) is 4.79. The summed E-state index contributed by atoms with van der Waals surface area (Å²) in [4.78, 5) is 0. The van der Waals surface area contributed by atoms with Crippen LogP contribution >= 0.6 is 0 Å². The van der Waals surface area contributed by atoms with Gasteiger partial charge in [-0.05, 0) is 107 Å². The fraction of sp³-hybridized carbons (Fsp3) is 0. The van der Waals surface area contributed by atoms with E-state index in [1.54, 1.807) is 0 Å². The summed E-state index contributed by atoms with van der Waals surface area (Å²) in [5.74, 6) is 0. The number of fused-ring (bicyclic) bond motifs is 9. The van der Waals surface area contributed by atoms with Gasteiger partial charge in [0, 0.05) is 49.4 Å². The zero-order chi connectivity index (χ0) is 37.5. The van der Waals surface area contributed by atoms with Gasteiger partial charge in [-0.3, -0.25) is 0 Å². The van der Waals surface area contributed by atoms with Crippen LogP contribution in [0, 0.1) is 0 Å². The predicted octanol–water partition coefficient (Wildman–Crippen LogP) is 14.3. The maximum Gasteiger partial charge on any atom is 0.0547 e. The second-order valence-corrected chi connectivity index (χ2v) is 14.9. The van der Waals surface area contributed by atoms with E-state index in [0.29, 0.717) is 0 Å². The minimum absolute atomic E-state index is 1.15. The first kappa shape index (κ1) is 31.7. The molecule has 0 aliphatic carbocycles. The van der Waals surface area contributed by atoms with Gasteiger partial charge in [-0.2, -0.15) is 0 Å². The molecule has 12 aromatic rings. The summed E-state index contributed by atoms with van der Waals surface area (Å²) in [6, 6.07) is 77.4. The molecule has 0 atom stereocenters. The normalized spacial score (nSPS) is 11.9. The van der Waals surface area contributed by atoms with Gasteiger partial charge in [-0.15, -0.1) is 0 Å². The molecule has 0 saturated heterocycles. The van der Waals surface area contributed by atoms with Crippen LogP contribution in [0.2, 0.25) is 0 Å². The van der Waals surface area contributed by atoms with Gasteiger partial charge in [-0.1, -0.05) is 127 Å². The lowest BCUT2D eigenvalue weighted by atomic mass is 9.97. The first-order valence-corrected chi connectivity index (χ1v) is 19.6. The van der Waals surface area contributed by atoms with E-state index in [0.717, 1.165) is 11.4 Å². The lowest BCUT2D eigenvalue weighted by Crippen LogP contribution is -1.94. The highest BCUT2D eigenvalue weighted by molar-refractivity contribution is 6.17. The van der Waals surface area contributed by atoms with Crippen molar-refractivity contribution in [1.29, 1.82) is 0 Å². The van der Waals surface area contributed by atoms with Crippen LogP contribution in [0.25, 0.3) is 105 Å². The molecule has 0 amide bonds. The first-order valence-electron chi connectivity index (χ1n) is 19.6. The Hall–Kier alpha value is -7.62. The maximum atomic E-state index is 2.43. The molecule has 0 aliphatic rings. The van der Waals surface area contributed by atoms with E-state index >= 15 is 0 Å². The molecule has 0 saturated carbocycles. The third-order valence-electron chi connectivity index (χ3n) is 11.8. The maximum absolute atomic E-state index is 2.43. The Morgan fingerprint density at radius 3 is 1.25 bits per heavy atom. The molecule has 0 unspecified atom stereocenters. The highest BCUT2D eigenvalue weighted by Crippen LogP contribution is 2.42. The van der Waals surface area contributed by atoms with Crippen LogP contribution in [-0.2, 0) is 0 Å². The van der Waals surface area contributed by atoms with Crippen molar-refractivity contribution in [2.24, 2.45) is 0 Å². The smallest absolute Gasteiger partial charge is 0.0547 e. The van der Waals surface area contributed by atoms with E-state index in [1.165, 1.54) is 93.4 Å². The Morgan fingerprint density at radius 1 is 0.228 bits per heavy atom. The summed E-state index contributed by atoms with van der Waals surface area (Å²) in [6.45, 7) is 0. The first-order chi connectivity index (χ1) is 28.3. The standard InChI is InChI=1S/C54H35N3/c1-4-15-39(16-5-1)55-48-24-12-10-21-43(48)46-33-36(28-31-50(46)55)37-29-32-51-47(34-37)44-30-27-38(35-53(44)57(51)41-19-8-3-9-20-41)42-23-14-26-52-54(42)45-22-11-13-25-49(45)56(52)40-17-6-2-7-18-40/h1-35H. The summed E-state index contributed by atoms with van der Waals surface area (Å²) in [5, 5.41) is 7.51. The largest absolute Gasteiger partial charge is 0.309 e. The number of benzene rings is 9. The van der Waals surface area contributed by atoms with Crippen LogP contribution in [0.5, 0.6) is 0 Å². The molecule has 0 spiro atoms. The molecule has 3 aromatic heterocycles. The lowest BCUT2D eigenvalue weighted by molar-refractivity contribution is 1.18. The highest BCUT2D eigenvalue weighted by Gasteiger charge is 2.19. The number of rotatable bonds is 5. The average molecular weight is 726 g/mol. The molecule has 0 radical (unpaired) electrons. The van der Waals surface area contributed by atoms with Crippen LogP contribution in [0.15, 0.2) is 212 Å². The molecule has 9 aromatic carbocycles. The second kappa shape index (κ2) is 12.5. The second-order valence-electron chi connectivity index (χ2n) is 14.9. The zero-order valence-corrected chi connectivity index (χ0v) is 31.0. The fourth-order valence-electron chi connectivity index (χ4n) is 9.35. The SMILES string of the molecule is c1ccc(-n2c3ccccc3c3cc(-c4ccc5c(c4)c4ccc(-c6cccc7c6c6ccccc6n7-c6ccccc6)cc4n5-c4ccccc4)ccc32)cc1. The van der Waals surface area contributed by atoms with Gasteiger partial charge in [0.05, 0.1) is 33.1 Å². The number of para-hydroxylation sites is 5. The minimum Gasteiger partial charge on any atom is -0.309 e. The molecule has 0 fully saturated rings. The minimum atomic E-state index is 1.15. The van der Waals surface area contributed by atoms with E-state index in [4.69, 9.17) is 0 Å². The van der Waals surface area contributed by atoms with Crippen molar-refractivity contribution < 1.29 is 0 Å². The molecule has 266 valence electrons. The molecule has 0 aliphatic heterocycles. The average Bonchev–Trinajstić information content (AvgIpc) is 3.92. The Labute approximate surface area is 329 Å². The Morgan fingerprint density at radius 2 is 0.649 bits per heavy atom. The third-order valence-corrected chi connectivity index (χ3v) is 11.8. The number of hydrogen-bond donors (Lipinski definition) is 0. The van der Waals surface area contributed by atoms with E-state index < -0.39 is 0 Å². The van der Waals surface area contributed by atoms with Crippen molar-refractivity contribution >= 4 is 65.4 Å². The molecule has 57 heavy (non-hydrogen) atoms. The number of hydrogen-bond acceptors (Lipinski definition) is 0. The quantitative estimate of drug-likeness (QED) is 0.168. The van der Waals surface area contributed by atoms with E-state index in [9.17, 15) is 0 Å². The van der Waals surface area contributed by atoms with Crippen molar-refractivity contribution in [3.05, 3.63) is 212 Å². The van der Waals surface area contributed by atoms with Gasteiger partial charge in [0.2, 0.25) is 0 Å². The van der Waals surface area contributed by atoms with Gasteiger partial charge >= 0.3 is 0 Å². The van der Waals surface area contributed by atoms with E-state index in [1.807, 2.05) is 0 Å². The molecule has 3 heterocycles. The molecule has 12 rings (SSSR count). The van der Waals surface area contributed by atoms with Crippen LogP contribution in [0.1, 0.15) is 0 Å². The van der Waals surface area contributed by atoms with E-state index in [-0.39, 0.29) is 0 Å². The van der Waals surface area contributed by atoms with Crippen LogP contribution in [0.3, 0.4) is 0 Å². The zero-order valence-electron chi connectivity index (χ0n) is 31.0. The summed E-state index contributed by atoms with van der Waals surface area (Å²) in [6.07, 6.45) is 0. The Balaban J connectivity index is 1.07. The molecule has 0 bridgehead atoms. The lowest BCUT2D eigenvalue weighted by Gasteiger charge is -2.11. The van der Waals surface area contributed by atoms with Crippen molar-refractivity contribution in [3.63, 3.8) is 0 Å². The summed E-state index contributed by atoms with van der Waals surface area (Å²) in [7, 11) is 0. The van der Waals surface area contributed by atoms with Gasteiger partial charge < -0.3 is 13.7 Å². The topological polar surface area (TPSA) is 14.8 Å². The molecule has 3 heteroatoms. The van der Waals surface area contributed by atoms with Crippen molar-refractivity contribution in [3.8, 4) is 39.3 Å². The molecular weight excluding hydrogens is 691 g/mol. The van der Waals surface area contributed by atoms with Crippen molar-refractivity contribution in [2.45, 2.75) is 0 Å². The van der Waals surface area contributed by atoms with Crippen LogP contribution in [-0.4, -0.2) is 13.7 Å². The van der Waals surface area contributed by atoms with Crippen LogP contribution in [0.4, 0.5) is 0 Å². The van der Waals surface area contributed by atoms with Gasteiger partial charge in [0.1, 0.15) is 0 Å². The Bertz CT molecular complexity index is 3500. The van der Waals surface area contributed by atoms with Gasteiger partial charge in [0.25, 0.3) is 0 Å². The summed E-state index contributed by atoms with van der Waals surface area (Å²) < 4.78 is 7.20. The molecule has 0 N–H and O–H groups in total. The summed E-state index contributed by atoms with van der Waals surface area (Å²) in [5.41, 5.74) is 15.5. The highest BCUT2D eigenvalue weighted by atomic mass is 15.0. The number of aromatic nitrogens is 3. The fourth-order valence-corrected chi connectivity index (χ4v) is 9.35. The van der Waals surface area contributed by atoms with Gasteiger partial charge in [-0.25, -0.2) is 0 Å². The van der Waals surface area contributed by atoms with E-state index in [2.05, 4.69) is 226 Å². The van der Waals surface area contributed by atoms with Crippen molar-refractivity contribution in [2.75, 3.05) is 0 Å². The predicted molar refractivity (Wildman–Crippen MR) is 240 cm³/mol. The monoisotopic (exact) mass is 725 g/mol. The molecule has 3 nitrogen and oxygen atoms in total. The summed E-state index contributed by atoms with van der Waals surface area (Å²) >= 11 is 0. The molecular formula is C54H35N3. The Kier molecular flexibility index (Phi) is 6.93.